The van der Waals surface area contributed by atoms with Gasteiger partial charge in [-0.2, -0.15) is 4.31 Å². The van der Waals surface area contributed by atoms with Crippen molar-refractivity contribution >= 4 is 31.9 Å². The van der Waals surface area contributed by atoms with Crippen molar-refractivity contribution in [2.45, 2.75) is 25.3 Å². The van der Waals surface area contributed by atoms with E-state index in [1.807, 2.05) is 38.1 Å². The van der Waals surface area contributed by atoms with E-state index in [2.05, 4.69) is 15.9 Å². The summed E-state index contributed by atoms with van der Waals surface area (Å²) in [5.41, 5.74) is 2.16. The molecule has 0 N–H and O–H groups in total. The second-order valence-corrected chi connectivity index (χ2v) is 9.01. The molecule has 2 rings (SSSR count). The largest absolute Gasteiger partial charge is 0.337 e. The second kappa shape index (κ2) is 8.79. The summed E-state index contributed by atoms with van der Waals surface area (Å²) in [6, 6.07) is 14.2. The maximum atomic E-state index is 12.6. The molecule has 140 valence electrons. The van der Waals surface area contributed by atoms with E-state index in [4.69, 9.17) is 0 Å². The van der Waals surface area contributed by atoms with Crippen LogP contribution in [-0.4, -0.2) is 43.7 Å². The highest BCUT2D eigenvalue weighted by Gasteiger charge is 2.25. The van der Waals surface area contributed by atoms with Gasteiger partial charge in [-0.25, -0.2) is 8.42 Å². The van der Waals surface area contributed by atoms with E-state index in [9.17, 15) is 13.2 Å². The molecule has 26 heavy (non-hydrogen) atoms. The van der Waals surface area contributed by atoms with Gasteiger partial charge in [0.2, 0.25) is 15.9 Å². The summed E-state index contributed by atoms with van der Waals surface area (Å²) >= 11 is 3.29. The minimum atomic E-state index is -3.71. The van der Waals surface area contributed by atoms with Crippen LogP contribution in [0.15, 0.2) is 57.9 Å². The molecular formula is C19H23BrN2O3S. The predicted octanol–water partition coefficient (Wildman–Crippen LogP) is 3.43. The van der Waals surface area contributed by atoms with Crippen LogP contribution in [0.4, 0.5) is 0 Å². The number of likely N-dealkylation sites (N-methyl/N-ethyl adjacent to an activating group) is 2. The molecule has 0 saturated heterocycles. The Bertz CT molecular complexity index is 867. The van der Waals surface area contributed by atoms with Crippen molar-refractivity contribution < 1.29 is 13.2 Å². The Kier molecular flexibility index (Phi) is 6.97. The van der Waals surface area contributed by atoms with Crippen LogP contribution in [0.3, 0.4) is 0 Å². The summed E-state index contributed by atoms with van der Waals surface area (Å²) in [4.78, 5) is 14.5. The third-order valence-corrected chi connectivity index (χ3v) is 6.58. The highest BCUT2D eigenvalue weighted by Crippen LogP contribution is 2.18. The molecule has 0 radical (unpaired) electrons. The number of benzene rings is 2. The number of carbonyl (C=O) groups excluding carboxylic acids is 1. The number of carbonyl (C=O) groups is 1. The Morgan fingerprint density at radius 2 is 1.69 bits per heavy atom. The predicted molar refractivity (Wildman–Crippen MR) is 106 cm³/mol. The van der Waals surface area contributed by atoms with E-state index >= 15 is 0 Å². The zero-order valence-electron chi connectivity index (χ0n) is 15.1. The fraction of sp³-hybridized carbons (Fsp3) is 0.316. The number of nitrogens with zero attached hydrogens (tertiary/aromatic N) is 2. The van der Waals surface area contributed by atoms with Crippen LogP contribution in [-0.2, 0) is 21.4 Å². The van der Waals surface area contributed by atoms with Gasteiger partial charge in [0.15, 0.2) is 0 Å². The summed E-state index contributed by atoms with van der Waals surface area (Å²) in [5.74, 6) is -0.223. The minimum Gasteiger partial charge on any atom is -0.337 e. The molecule has 1 amide bonds. The van der Waals surface area contributed by atoms with Crippen molar-refractivity contribution in [1.82, 2.24) is 9.21 Å². The van der Waals surface area contributed by atoms with Crippen LogP contribution in [0.25, 0.3) is 0 Å². The van der Waals surface area contributed by atoms with Crippen LogP contribution in [0, 0.1) is 6.92 Å². The van der Waals surface area contributed by atoms with Gasteiger partial charge in [-0.15, -0.1) is 0 Å². The lowest BCUT2D eigenvalue weighted by Crippen LogP contribution is -2.40. The second-order valence-electron chi connectivity index (χ2n) is 6.05. The lowest BCUT2D eigenvalue weighted by atomic mass is 10.1. The zero-order chi connectivity index (χ0) is 19.3. The zero-order valence-corrected chi connectivity index (χ0v) is 17.5. The molecule has 0 heterocycles. The Morgan fingerprint density at radius 1 is 1.08 bits per heavy atom. The van der Waals surface area contributed by atoms with Gasteiger partial charge in [-0.3, -0.25) is 4.79 Å². The quantitative estimate of drug-likeness (QED) is 0.665. The maximum absolute atomic E-state index is 12.6. The van der Waals surface area contributed by atoms with Crippen molar-refractivity contribution in [2.75, 3.05) is 20.1 Å². The molecule has 0 fully saturated rings. The molecule has 0 bridgehead atoms. The smallest absolute Gasteiger partial charge is 0.243 e. The van der Waals surface area contributed by atoms with Crippen LogP contribution in [0.1, 0.15) is 18.1 Å². The summed E-state index contributed by atoms with van der Waals surface area (Å²) in [6.45, 7) is 4.67. The lowest BCUT2D eigenvalue weighted by Gasteiger charge is -2.25. The molecular weight excluding hydrogens is 416 g/mol. The van der Waals surface area contributed by atoms with Crippen molar-refractivity contribution in [3.8, 4) is 0 Å². The standard InChI is InChI=1S/C19H23BrN2O3S/c1-4-22(13-16-8-6-5-7-15(16)2)19(23)14-21(3)26(24,25)18-11-9-17(20)10-12-18/h5-12H,4,13-14H2,1-3H3. The van der Waals surface area contributed by atoms with Gasteiger partial charge in [0.05, 0.1) is 11.4 Å². The van der Waals surface area contributed by atoms with Crippen LogP contribution in [0.5, 0.6) is 0 Å². The molecule has 5 nitrogen and oxygen atoms in total. The number of halogens is 1. The van der Waals surface area contributed by atoms with E-state index in [-0.39, 0.29) is 17.3 Å². The van der Waals surface area contributed by atoms with Crippen LogP contribution < -0.4 is 0 Å². The van der Waals surface area contributed by atoms with Gasteiger partial charge in [0, 0.05) is 24.6 Å². The number of amides is 1. The van der Waals surface area contributed by atoms with E-state index in [1.54, 1.807) is 17.0 Å². The van der Waals surface area contributed by atoms with E-state index in [0.717, 1.165) is 19.9 Å². The third-order valence-electron chi connectivity index (χ3n) is 4.24. The fourth-order valence-electron chi connectivity index (χ4n) is 2.53. The lowest BCUT2D eigenvalue weighted by molar-refractivity contribution is -0.131. The number of hydrogen-bond donors (Lipinski definition) is 0. The molecule has 0 aliphatic rings. The topological polar surface area (TPSA) is 57.7 Å². The highest BCUT2D eigenvalue weighted by molar-refractivity contribution is 9.10. The van der Waals surface area contributed by atoms with Gasteiger partial charge >= 0.3 is 0 Å². The van der Waals surface area contributed by atoms with Crippen LogP contribution in [0.2, 0.25) is 0 Å². The Morgan fingerprint density at radius 3 is 2.27 bits per heavy atom. The number of sulfonamides is 1. The number of rotatable bonds is 7. The monoisotopic (exact) mass is 438 g/mol. The third kappa shape index (κ3) is 4.93. The molecule has 0 aromatic heterocycles. The minimum absolute atomic E-state index is 0.165. The van der Waals surface area contributed by atoms with Crippen molar-refractivity contribution in [2.24, 2.45) is 0 Å². The first-order valence-corrected chi connectivity index (χ1v) is 10.5. The van der Waals surface area contributed by atoms with Gasteiger partial charge in [-0.1, -0.05) is 40.2 Å². The van der Waals surface area contributed by atoms with Crippen molar-refractivity contribution in [3.63, 3.8) is 0 Å². The van der Waals surface area contributed by atoms with Gasteiger partial charge in [0.1, 0.15) is 0 Å². The Labute approximate surface area is 163 Å². The molecule has 2 aromatic carbocycles. The number of aryl methyl sites for hydroxylation is 1. The van der Waals surface area contributed by atoms with E-state index in [0.29, 0.717) is 13.1 Å². The molecule has 2 aromatic rings. The molecule has 0 spiro atoms. The molecule has 0 unspecified atom stereocenters. The summed E-state index contributed by atoms with van der Waals surface area (Å²) in [5, 5.41) is 0. The Balaban J connectivity index is 2.11. The molecule has 0 saturated carbocycles. The SMILES string of the molecule is CCN(Cc1ccccc1C)C(=O)CN(C)S(=O)(=O)c1ccc(Br)cc1. The number of hydrogen-bond acceptors (Lipinski definition) is 3. The summed E-state index contributed by atoms with van der Waals surface area (Å²) in [7, 11) is -2.28. The Hall–Kier alpha value is -1.70. The van der Waals surface area contributed by atoms with Crippen LogP contribution >= 0.6 is 15.9 Å². The molecule has 0 aliphatic carbocycles. The van der Waals surface area contributed by atoms with E-state index in [1.165, 1.54) is 19.2 Å². The van der Waals surface area contributed by atoms with Gasteiger partial charge in [0.25, 0.3) is 0 Å². The summed E-state index contributed by atoms with van der Waals surface area (Å²) < 4.78 is 27.2. The van der Waals surface area contributed by atoms with Gasteiger partial charge < -0.3 is 4.90 Å². The average Bonchev–Trinajstić information content (AvgIpc) is 2.61. The van der Waals surface area contributed by atoms with Gasteiger partial charge in [-0.05, 0) is 49.2 Å². The molecule has 7 heteroatoms. The summed E-state index contributed by atoms with van der Waals surface area (Å²) in [6.07, 6.45) is 0. The highest BCUT2D eigenvalue weighted by atomic mass is 79.9. The van der Waals surface area contributed by atoms with Crippen molar-refractivity contribution in [3.05, 3.63) is 64.1 Å². The first-order chi connectivity index (χ1) is 12.3. The van der Waals surface area contributed by atoms with E-state index < -0.39 is 10.0 Å². The fourth-order valence-corrected chi connectivity index (χ4v) is 3.92. The first-order valence-electron chi connectivity index (χ1n) is 8.30. The molecule has 0 aliphatic heterocycles. The average molecular weight is 439 g/mol. The normalized spacial score (nSPS) is 11.6. The van der Waals surface area contributed by atoms with Crippen molar-refractivity contribution in [1.29, 1.82) is 0 Å². The molecule has 0 atom stereocenters. The first kappa shape index (κ1) is 20.6. The maximum Gasteiger partial charge on any atom is 0.243 e.